The molecule has 0 aliphatic carbocycles. The average Bonchev–Trinajstić information content (AvgIpc) is 3.32. The highest BCUT2D eigenvalue weighted by Gasteiger charge is 2.26. The monoisotopic (exact) mass is 383 g/mol. The fraction of sp³-hybridized carbons (Fsp3) is 0.409. The summed E-state index contributed by atoms with van der Waals surface area (Å²) >= 11 is 6.02. The highest BCUT2D eigenvalue weighted by atomic mass is 35.5. The lowest BCUT2D eigenvalue weighted by molar-refractivity contribution is 0.0938. The largest absolute Gasteiger partial charge is 0.374 e. The van der Waals surface area contributed by atoms with E-state index in [4.69, 9.17) is 11.6 Å². The van der Waals surface area contributed by atoms with Crippen LogP contribution in [0.1, 0.15) is 40.4 Å². The molecule has 2 heterocycles. The molecule has 1 amide bonds. The fourth-order valence-electron chi connectivity index (χ4n) is 4.23. The van der Waals surface area contributed by atoms with Gasteiger partial charge < -0.3 is 10.2 Å². The smallest absolute Gasteiger partial charge is 0.251 e. The molecule has 0 radical (unpaired) electrons. The lowest BCUT2D eigenvalue weighted by Crippen LogP contribution is -2.36. The van der Waals surface area contributed by atoms with Gasteiger partial charge in [-0.05, 0) is 67.7 Å². The zero-order valence-electron chi connectivity index (χ0n) is 15.7. The Labute approximate surface area is 166 Å². The van der Waals surface area contributed by atoms with Crippen LogP contribution in [0, 0.1) is 0 Å². The summed E-state index contributed by atoms with van der Waals surface area (Å²) in [4.78, 5) is 17.4. The van der Waals surface area contributed by atoms with E-state index >= 15 is 0 Å². The fourth-order valence-corrected chi connectivity index (χ4v) is 4.42. The molecular formula is C22H26ClN3O. The summed E-state index contributed by atoms with van der Waals surface area (Å²) < 4.78 is 0. The van der Waals surface area contributed by atoms with E-state index in [1.807, 2.05) is 6.07 Å². The molecule has 1 atom stereocenters. The van der Waals surface area contributed by atoms with Gasteiger partial charge in [-0.15, -0.1) is 0 Å². The van der Waals surface area contributed by atoms with Gasteiger partial charge in [-0.3, -0.25) is 9.69 Å². The van der Waals surface area contributed by atoms with E-state index in [9.17, 15) is 4.79 Å². The van der Waals surface area contributed by atoms with Gasteiger partial charge in [0.05, 0.1) is 6.04 Å². The predicted octanol–water partition coefficient (Wildman–Crippen LogP) is 3.90. The molecule has 2 aromatic carbocycles. The van der Waals surface area contributed by atoms with Crippen LogP contribution in [0.5, 0.6) is 0 Å². The number of nitrogens with one attached hydrogen (secondary N) is 1. The number of rotatable bonds is 5. The first-order chi connectivity index (χ1) is 13.1. The Morgan fingerprint density at radius 3 is 2.74 bits per heavy atom. The van der Waals surface area contributed by atoms with Gasteiger partial charge in [-0.25, -0.2) is 0 Å². The van der Waals surface area contributed by atoms with E-state index in [0.29, 0.717) is 17.1 Å². The third-order valence-corrected chi connectivity index (χ3v) is 5.98. The number of likely N-dealkylation sites (N-methyl/N-ethyl adjacent to an activating group) is 1. The van der Waals surface area contributed by atoms with Crippen LogP contribution in [0.2, 0.25) is 5.02 Å². The van der Waals surface area contributed by atoms with E-state index in [1.54, 1.807) is 18.2 Å². The molecule has 5 heteroatoms. The van der Waals surface area contributed by atoms with Gasteiger partial charge in [0.15, 0.2) is 0 Å². The zero-order chi connectivity index (χ0) is 18.8. The summed E-state index contributed by atoms with van der Waals surface area (Å²) in [5, 5.41) is 3.71. The predicted molar refractivity (Wildman–Crippen MR) is 111 cm³/mol. The van der Waals surface area contributed by atoms with E-state index in [1.165, 1.54) is 29.7 Å². The summed E-state index contributed by atoms with van der Waals surface area (Å²) in [5.41, 5.74) is 4.66. The van der Waals surface area contributed by atoms with Crippen molar-refractivity contribution in [3.05, 3.63) is 64.2 Å². The molecule has 1 N–H and O–H groups in total. The van der Waals surface area contributed by atoms with Crippen LogP contribution in [0.3, 0.4) is 0 Å². The lowest BCUT2D eigenvalue weighted by Gasteiger charge is -2.29. The molecule has 1 saturated heterocycles. The van der Waals surface area contributed by atoms with Gasteiger partial charge >= 0.3 is 0 Å². The minimum Gasteiger partial charge on any atom is -0.374 e. The van der Waals surface area contributed by atoms with E-state index in [-0.39, 0.29) is 11.9 Å². The van der Waals surface area contributed by atoms with Crippen LogP contribution >= 0.6 is 11.6 Å². The minimum atomic E-state index is -0.0670. The molecule has 0 spiro atoms. The number of halogens is 1. The van der Waals surface area contributed by atoms with Crippen molar-refractivity contribution in [1.82, 2.24) is 10.2 Å². The number of carbonyl (C=O) groups excluding carboxylic acids is 1. The number of likely N-dealkylation sites (tertiary alicyclic amines) is 1. The second-order valence-corrected chi connectivity index (χ2v) is 7.98. The number of nitrogens with zero attached hydrogens (tertiary/aromatic N) is 2. The zero-order valence-corrected chi connectivity index (χ0v) is 16.5. The maximum absolute atomic E-state index is 12.6. The van der Waals surface area contributed by atoms with Crippen molar-refractivity contribution in [2.45, 2.75) is 25.3 Å². The summed E-state index contributed by atoms with van der Waals surface area (Å²) in [6, 6.07) is 14.1. The third-order valence-electron chi connectivity index (χ3n) is 5.74. The van der Waals surface area contributed by atoms with Gasteiger partial charge in [-0.1, -0.05) is 29.8 Å². The topological polar surface area (TPSA) is 35.6 Å². The van der Waals surface area contributed by atoms with Crippen LogP contribution in [0.25, 0.3) is 0 Å². The standard InChI is InChI=1S/C22H26ClN3O/c1-25-12-9-17-13-16(7-8-20(17)25)21(26-10-2-3-11-26)15-24-22(27)18-5-4-6-19(23)14-18/h4-8,13-14,21H,2-3,9-12,15H2,1H3,(H,24,27)/t21-/m0/s1. The first-order valence-corrected chi connectivity index (χ1v) is 10.1. The van der Waals surface area contributed by atoms with Gasteiger partial charge in [0, 0.05) is 36.4 Å². The van der Waals surface area contributed by atoms with Gasteiger partial charge in [-0.2, -0.15) is 0 Å². The first kappa shape index (κ1) is 18.3. The van der Waals surface area contributed by atoms with Crippen molar-refractivity contribution < 1.29 is 4.79 Å². The molecule has 27 heavy (non-hydrogen) atoms. The van der Waals surface area contributed by atoms with Crippen molar-refractivity contribution in [3.63, 3.8) is 0 Å². The molecule has 0 saturated carbocycles. The SMILES string of the molecule is CN1CCc2cc([C@H](CNC(=O)c3cccc(Cl)c3)N3CCCC3)ccc21. The summed E-state index contributed by atoms with van der Waals surface area (Å²) in [6.07, 6.45) is 3.56. The second-order valence-electron chi connectivity index (χ2n) is 7.54. The molecule has 4 rings (SSSR count). The van der Waals surface area contributed by atoms with Crippen molar-refractivity contribution >= 4 is 23.2 Å². The van der Waals surface area contributed by atoms with Crippen LogP contribution in [-0.2, 0) is 6.42 Å². The quantitative estimate of drug-likeness (QED) is 0.850. The summed E-state index contributed by atoms with van der Waals surface area (Å²) in [5.74, 6) is -0.0670. The molecule has 0 bridgehead atoms. The van der Waals surface area contributed by atoms with Gasteiger partial charge in [0.2, 0.25) is 0 Å². The van der Waals surface area contributed by atoms with E-state index in [2.05, 4.69) is 40.4 Å². The van der Waals surface area contributed by atoms with E-state index < -0.39 is 0 Å². The normalized spacial score (nSPS) is 17.8. The highest BCUT2D eigenvalue weighted by Crippen LogP contribution is 2.32. The minimum absolute atomic E-state index is 0.0670. The second kappa shape index (κ2) is 7.91. The lowest BCUT2D eigenvalue weighted by atomic mass is 10.0. The molecule has 0 aromatic heterocycles. The van der Waals surface area contributed by atoms with Crippen LogP contribution in [0.15, 0.2) is 42.5 Å². The molecule has 2 aliphatic rings. The number of fused-ring (bicyclic) bond motifs is 1. The van der Waals surface area contributed by atoms with Crippen molar-refractivity contribution in [2.75, 3.05) is 38.1 Å². The number of carbonyl (C=O) groups is 1. The first-order valence-electron chi connectivity index (χ1n) is 9.73. The van der Waals surface area contributed by atoms with E-state index in [0.717, 1.165) is 26.1 Å². The maximum atomic E-state index is 12.6. The Morgan fingerprint density at radius 1 is 1.15 bits per heavy atom. The number of hydrogen-bond donors (Lipinski definition) is 1. The molecular weight excluding hydrogens is 358 g/mol. The average molecular weight is 384 g/mol. The molecule has 2 aliphatic heterocycles. The number of anilines is 1. The van der Waals surface area contributed by atoms with Gasteiger partial charge in [0.25, 0.3) is 5.91 Å². The maximum Gasteiger partial charge on any atom is 0.251 e. The molecule has 0 unspecified atom stereocenters. The van der Waals surface area contributed by atoms with Crippen molar-refractivity contribution in [1.29, 1.82) is 0 Å². The summed E-state index contributed by atoms with van der Waals surface area (Å²) in [6.45, 7) is 3.88. The highest BCUT2D eigenvalue weighted by molar-refractivity contribution is 6.30. The Balaban J connectivity index is 1.52. The molecule has 2 aromatic rings. The van der Waals surface area contributed by atoms with Crippen LogP contribution in [0.4, 0.5) is 5.69 Å². The number of benzene rings is 2. The molecule has 4 nitrogen and oxygen atoms in total. The Hall–Kier alpha value is -2.04. The molecule has 1 fully saturated rings. The van der Waals surface area contributed by atoms with Crippen molar-refractivity contribution in [2.24, 2.45) is 0 Å². The van der Waals surface area contributed by atoms with Gasteiger partial charge in [0.1, 0.15) is 0 Å². The Morgan fingerprint density at radius 2 is 1.96 bits per heavy atom. The number of amides is 1. The Bertz CT molecular complexity index is 832. The third kappa shape index (κ3) is 3.97. The number of hydrogen-bond acceptors (Lipinski definition) is 3. The molecule has 142 valence electrons. The summed E-state index contributed by atoms with van der Waals surface area (Å²) in [7, 11) is 2.15. The van der Waals surface area contributed by atoms with Crippen molar-refractivity contribution in [3.8, 4) is 0 Å². The van der Waals surface area contributed by atoms with Crippen LogP contribution in [-0.4, -0.2) is 44.0 Å². The Kier molecular flexibility index (Phi) is 5.37. The van der Waals surface area contributed by atoms with Crippen LogP contribution < -0.4 is 10.2 Å².